The van der Waals surface area contributed by atoms with Gasteiger partial charge in [-0.1, -0.05) is 20.8 Å². The molecule has 21 heavy (non-hydrogen) atoms. The Labute approximate surface area is 120 Å². The number of hydrogen-bond donors (Lipinski definition) is 1. The summed E-state index contributed by atoms with van der Waals surface area (Å²) in [7, 11) is 0. The van der Waals surface area contributed by atoms with Crippen molar-refractivity contribution in [2.75, 3.05) is 6.54 Å². The SMILES string of the molecule is CCCNC1C(OC(C(F)(F)F)C(F)(F)F)CCC1(C)C. The van der Waals surface area contributed by atoms with Crippen LogP contribution < -0.4 is 5.32 Å². The van der Waals surface area contributed by atoms with E-state index in [9.17, 15) is 26.3 Å². The number of nitrogens with one attached hydrogen (secondary N) is 1. The lowest BCUT2D eigenvalue weighted by molar-refractivity contribution is -0.332. The molecule has 1 aliphatic carbocycles. The number of hydrogen-bond acceptors (Lipinski definition) is 2. The monoisotopic (exact) mass is 321 g/mol. The van der Waals surface area contributed by atoms with Gasteiger partial charge >= 0.3 is 12.4 Å². The van der Waals surface area contributed by atoms with E-state index in [1.54, 1.807) is 0 Å². The van der Waals surface area contributed by atoms with Crippen LogP contribution in [0.2, 0.25) is 0 Å². The lowest BCUT2D eigenvalue weighted by Crippen LogP contribution is -2.52. The molecule has 0 heterocycles. The summed E-state index contributed by atoms with van der Waals surface area (Å²) in [5, 5.41) is 3.02. The molecule has 0 radical (unpaired) electrons. The zero-order valence-corrected chi connectivity index (χ0v) is 12.2. The molecule has 1 N–H and O–H groups in total. The highest BCUT2D eigenvalue weighted by atomic mass is 19.4. The van der Waals surface area contributed by atoms with Gasteiger partial charge in [0.2, 0.25) is 6.10 Å². The van der Waals surface area contributed by atoms with Gasteiger partial charge in [0.25, 0.3) is 0 Å². The van der Waals surface area contributed by atoms with E-state index in [4.69, 9.17) is 0 Å². The molecule has 0 aromatic carbocycles. The van der Waals surface area contributed by atoms with E-state index in [1.807, 2.05) is 20.8 Å². The summed E-state index contributed by atoms with van der Waals surface area (Å²) in [6.07, 6.45) is -14.3. The molecule has 8 heteroatoms. The second kappa shape index (κ2) is 6.32. The van der Waals surface area contributed by atoms with Crippen LogP contribution in [0.3, 0.4) is 0 Å². The largest absolute Gasteiger partial charge is 0.423 e. The van der Waals surface area contributed by atoms with E-state index in [1.165, 1.54) is 0 Å². The molecule has 0 amide bonds. The van der Waals surface area contributed by atoms with Crippen molar-refractivity contribution >= 4 is 0 Å². The topological polar surface area (TPSA) is 21.3 Å². The highest BCUT2D eigenvalue weighted by Crippen LogP contribution is 2.43. The smallest absolute Gasteiger partial charge is 0.356 e. The maximum atomic E-state index is 12.6. The molecule has 126 valence electrons. The quantitative estimate of drug-likeness (QED) is 0.771. The van der Waals surface area contributed by atoms with Crippen LogP contribution in [0.15, 0.2) is 0 Å². The van der Waals surface area contributed by atoms with Crippen LogP contribution in [0, 0.1) is 5.41 Å². The van der Waals surface area contributed by atoms with Crippen LogP contribution >= 0.6 is 0 Å². The molecule has 0 aliphatic heterocycles. The number of alkyl halides is 6. The average molecular weight is 321 g/mol. The third kappa shape index (κ3) is 4.74. The molecule has 0 aromatic heterocycles. The molecular weight excluding hydrogens is 300 g/mol. The van der Waals surface area contributed by atoms with Gasteiger partial charge in [0, 0.05) is 6.04 Å². The minimum absolute atomic E-state index is 0.178. The molecule has 0 bridgehead atoms. The van der Waals surface area contributed by atoms with Crippen LogP contribution in [-0.2, 0) is 4.74 Å². The molecule has 0 spiro atoms. The van der Waals surface area contributed by atoms with E-state index < -0.39 is 36.0 Å². The molecule has 0 saturated heterocycles. The minimum atomic E-state index is -5.46. The first kappa shape index (κ1) is 18.5. The highest BCUT2D eigenvalue weighted by Gasteiger charge is 2.60. The Morgan fingerprint density at radius 3 is 2.10 bits per heavy atom. The molecule has 1 fully saturated rings. The number of rotatable bonds is 5. The fourth-order valence-electron chi connectivity index (χ4n) is 2.71. The van der Waals surface area contributed by atoms with Crippen molar-refractivity contribution in [3.8, 4) is 0 Å². The predicted octanol–water partition coefficient (Wildman–Crippen LogP) is 4.05. The standard InChI is InChI=1S/C13H21F6NO/c1-4-7-20-9-8(5-6-11(9,2)3)21-10(12(14,15)16)13(17,18)19/h8-10,20H,4-7H2,1-3H3. The van der Waals surface area contributed by atoms with E-state index >= 15 is 0 Å². The summed E-state index contributed by atoms with van der Waals surface area (Å²) < 4.78 is 79.9. The van der Waals surface area contributed by atoms with Crippen LogP contribution in [0.5, 0.6) is 0 Å². The van der Waals surface area contributed by atoms with Gasteiger partial charge < -0.3 is 10.1 Å². The van der Waals surface area contributed by atoms with Gasteiger partial charge in [0.05, 0.1) is 6.10 Å². The molecule has 1 saturated carbocycles. The summed E-state index contributed by atoms with van der Waals surface area (Å²) >= 11 is 0. The van der Waals surface area contributed by atoms with E-state index in [2.05, 4.69) is 10.1 Å². The third-order valence-corrected chi connectivity index (χ3v) is 3.81. The maximum Gasteiger partial charge on any atom is 0.423 e. The summed E-state index contributed by atoms with van der Waals surface area (Å²) in [4.78, 5) is 0. The molecule has 2 atom stereocenters. The lowest BCUT2D eigenvalue weighted by atomic mass is 9.87. The van der Waals surface area contributed by atoms with Crippen molar-refractivity contribution in [2.24, 2.45) is 5.41 Å². The van der Waals surface area contributed by atoms with Crippen molar-refractivity contribution in [3.63, 3.8) is 0 Å². The Morgan fingerprint density at radius 1 is 1.14 bits per heavy atom. The second-order valence-corrected chi connectivity index (χ2v) is 6.10. The van der Waals surface area contributed by atoms with Gasteiger partial charge in [0.15, 0.2) is 0 Å². The van der Waals surface area contributed by atoms with Crippen LogP contribution in [-0.4, -0.2) is 37.1 Å². The van der Waals surface area contributed by atoms with Crippen LogP contribution in [0.4, 0.5) is 26.3 Å². The van der Waals surface area contributed by atoms with Gasteiger partial charge in [-0.2, -0.15) is 26.3 Å². The van der Waals surface area contributed by atoms with E-state index in [0.29, 0.717) is 13.0 Å². The predicted molar refractivity (Wildman–Crippen MR) is 65.9 cm³/mol. The van der Waals surface area contributed by atoms with E-state index in [-0.39, 0.29) is 6.42 Å². The normalized spacial score (nSPS) is 26.6. The molecule has 1 aliphatic rings. The van der Waals surface area contributed by atoms with Gasteiger partial charge in [0.1, 0.15) is 0 Å². The number of halogens is 6. The first-order valence-electron chi connectivity index (χ1n) is 6.92. The maximum absolute atomic E-state index is 12.6. The summed E-state index contributed by atoms with van der Waals surface area (Å²) in [5.41, 5.74) is -0.401. The third-order valence-electron chi connectivity index (χ3n) is 3.81. The van der Waals surface area contributed by atoms with Gasteiger partial charge in [-0.25, -0.2) is 0 Å². The molecule has 2 nitrogen and oxygen atoms in total. The van der Waals surface area contributed by atoms with Crippen molar-refractivity contribution in [1.29, 1.82) is 0 Å². The number of ether oxygens (including phenoxy) is 1. The highest BCUT2D eigenvalue weighted by molar-refractivity contribution is 4.98. The second-order valence-electron chi connectivity index (χ2n) is 6.10. The Morgan fingerprint density at radius 2 is 1.67 bits per heavy atom. The Kier molecular flexibility index (Phi) is 5.58. The van der Waals surface area contributed by atoms with Gasteiger partial charge in [-0.3, -0.25) is 0 Å². The Hall–Kier alpha value is -0.500. The van der Waals surface area contributed by atoms with Crippen molar-refractivity contribution in [3.05, 3.63) is 0 Å². The van der Waals surface area contributed by atoms with Crippen molar-refractivity contribution < 1.29 is 31.1 Å². The first-order valence-corrected chi connectivity index (χ1v) is 6.92. The van der Waals surface area contributed by atoms with Crippen molar-refractivity contribution in [2.45, 2.75) is 70.6 Å². The fraction of sp³-hybridized carbons (Fsp3) is 1.00. The molecule has 0 aromatic rings. The van der Waals surface area contributed by atoms with Crippen LogP contribution in [0.25, 0.3) is 0 Å². The Balaban J connectivity index is 2.87. The molecule has 2 unspecified atom stereocenters. The van der Waals surface area contributed by atoms with E-state index in [0.717, 1.165) is 6.42 Å². The molecule has 1 rings (SSSR count). The van der Waals surface area contributed by atoms with Gasteiger partial charge in [-0.15, -0.1) is 0 Å². The molecular formula is C13H21F6NO. The van der Waals surface area contributed by atoms with Crippen LogP contribution in [0.1, 0.15) is 40.0 Å². The zero-order valence-electron chi connectivity index (χ0n) is 12.2. The summed E-state index contributed by atoms with van der Waals surface area (Å²) in [6, 6.07) is -0.523. The Bertz CT molecular complexity index is 325. The first-order chi connectivity index (χ1) is 9.39. The minimum Gasteiger partial charge on any atom is -0.356 e. The fourth-order valence-corrected chi connectivity index (χ4v) is 2.71. The summed E-state index contributed by atoms with van der Waals surface area (Å²) in [5.74, 6) is 0. The summed E-state index contributed by atoms with van der Waals surface area (Å²) in [6.45, 7) is 6.04. The average Bonchev–Trinajstić information content (AvgIpc) is 2.55. The zero-order chi connectivity index (χ0) is 16.5. The van der Waals surface area contributed by atoms with Gasteiger partial charge in [-0.05, 0) is 31.2 Å². The lowest BCUT2D eigenvalue weighted by Gasteiger charge is -2.34. The van der Waals surface area contributed by atoms with Crippen molar-refractivity contribution in [1.82, 2.24) is 5.32 Å².